The Morgan fingerprint density at radius 2 is 2.24 bits per heavy atom. The molecule has 17 heavy (non-hydrogen) atoms. The number of nitrogens with one attached hydrogen (secondary N) is 1. The fraction of sp³-hybridized carbons (Fsp3) is 0.462. The van der Waals surface area contributed by atoms with Gasteiger partial charge < -0.3 is 5.32 Å². The average Bonchev–Trinajstić information content (AvgIpc) is 2.74. The van der Waals surface area contributed by atoms with Crippen LogP contribution < -0.4 is 5.32 Å². The maximum Gasteiger partial charge on any atom is 0.183 e. The minimum Gasteiger partial charge on any atom is -0.362 e. The Balaban J connectivity index is 2.21. The number of hydrogen-bond acceptors (Lipinski definition) is 3. The van der Waals surface area contributed by atoms with E-state index < -0.39 is 0 Å². The molecule has 0 unspecified atom stereocenters. The van der Waals surface area contributed by atoms with Crippen LogP contribution in [0.1, 0.15) is 30.9 Å². The summed E-state index contributed by atoms with van der Waals surface area (Å²) in [7, 11) is 0. The van der Waals surface area contributed by atoms with Crippen molar-refractivity contribution >= 4 is 38.3 Å². The Morgan fingerprint density at radius 3 is 3.06 bits per heavy atom. The van der Waals surface area contributed by atoms with Crippen LogP contribution >= 0.6 is 22.9 Å². The molecule has 1 aromatic carbocycles. The molecule has 0 amide bonds. The molecule has 0 radical (unpaired) electrons. The number of fused-ring (bicyclic) bond motifs is 3. The SMILES string of the molecule is CCNc1nc2c(Cl)cc3c(c2s1)CCCC3. The maximum atomic E-state index is 6.32. The van der Waals surface area contributed by atoms with Gasteiger partial charge in [-0.3, -0.25) is 0 Å². The summed E-state index contributed by atoms with van der Waals surface area (Å²) in [6.07, 6.45) is 4.92. The van der Waals surface area contributed by atoms with Crippen LogP contribution in [0, 0.1) is 0 Å². The number of nitrogens with zero attached hydrogens (tertiary/aromatic N) is 1. The highest BCUT2D eigenvalue weighted by Crippen LogP contribution is 2.38. The van der Waals surface area contributed by atoms with E-state index in [1.54, 1.807) is 11.3 Å². The minimum atomic E-state index is 0.807. The molecule has 1 aliphatic carbocycles. The quantitative estimate of drug-likeness (QED) is 0.879. The van der Waals surface area contributed by atoms with Gasteiger partial charge in [-0.2, -0.15) is 0 Å². The Morgan fingerprint density at radius 1 is 1.41 bits per heavy atom. The third-order valence-corrected chi connectivity index (χ3v) is 4.63. The van der Waals surface area contributed by atoms with Gasteiger partial charge in [0.05, 0.1) is 9.72 Å². The molecule has 3 rings (SSSR count). The summed E-state index contributed by atoms with van der Waals surface area (Å²) < 4.78 is 1.29. The summed E-state index contributed by atoms with van der Waals surface area (Å²) in [6, 6.07) is 2.12. The molecule has 0 saturated carbocycles. The van der Waals surface area contributed by atoms with E-state index in [1.165, 1.54) is 41.5 Å². The average molecular weight is 267 g/mol. The molecule has 0 aliphatic heterocycles. The molecule has 1 aromatic heterocycles. The van der Waals surface area contributed by atoms with Crippen LogP contribution in [0.4, 0.5) is 5.13 Å². The summed E-state index contributed by atoms with van der Waals surface area (Å²) >= 11 is 8.07. The number of anilines is 1. The molecule has 90 valence electrons. The minimum absolute atomic E-state index is 0.807. The van der Waals surface area contributed by atoms with E-state index in [-0.39, 0.29) is 0 Å². The number of aryl methyl sites for hydroxylation is 2. The summed E-state index contributed by atoms with van der Waals surface area (Å²) in [5, 5.41) is 5.08. The van der Waals surface area contributed by atoms with Gasteiger partial charge in [0.25, 0.3) is 0 Å². The van der Waals surface area contributed by atoms with E-state index in [1.807, 2.05) is 0 Å². The number of aromatic nitrogens is 1. The van der Waals surface area contributed by atoms with E-state index in [0.717, 1.165) is 22.2 Å². The van der Waals surface area contributed by atoms with Gasteiger partial charge in [0.1, 0.15) is 5.52 Å². The molecular formula is C13H15ClN2S. The summed E-state index contributed by atoms with van der Waals surface area (Å²) in [5.41, 5.74) is 3.89. The van der Waals surface area contributed by atoms with Crippen LogP contribution in [0.3, 0.4) is 0 Å². The molecule has 2 nitrogen and oxygen atoms in total. The molecule has 1 aliphatic rings. The first-order chi connectivity index (χ1) is 8.29. The first-order valence-electron chi connectivity index (χ1n) is 6.14. The zero-order chi connectivity index (χ0) is 11.8. The summed E-state index contributed by atoms with van der Waals surface area (Å²) in [4.78, 5) is 4.59. The van der Waals surface area contributed by atoms with Gasteiger partial charge in [0, 0.05) is 6.54 Å². The van der Waals surface area contributed by atoms with Crippen molar-refractivity contribution in [1.82, 2.24) is 4.98 Å². The van der Waals surface area contributed by atoms with Crippen LogP contribution in [0.5, 0.6) is 0 Å². The lowest BCUT2D eigenvalue weighted by Gasteiger charge is -2.16. The van der Waals surface area contributed by atoms with Crippen LogP contribution in [-0.2, 0) is 12.8 Å². The second-order valence-corrected chi connectivity index (χ2v) is 5.84. The van der Waals surface area contributed by atoms with E-state index in [4.69, 9.17) is 11.6 Å². The topological polar surface area (TPSA) is 24.9 Å². The van der Waals surface area contributed by atoms with Crippen molar-refractivity contribution in [2.45, 2.75) is 32.6 Å². The van der Waals surface area contributed by atoms with Crippen LogP contribution in [0.15, 0.2) is 6.07 Å². The lowest BCUT2D eigenvalue weighted by atomic mass is 9.91. The van der Waals surface area contributed by atoms with Gasteiger partial charge in [-0.1, -0.05) is 22.9 Å². The lowest BCUT2D eigenvalue weighted by molar-refractivity contribution is 0.690. The number of halogens is 1. The monoisotopic (exact) mass is 266 g/mol. The first-order valence-corrected chi connectivity index (χ1v) is 7.33. The van der Waals surface area contributed by atoms with Gasteiger partial charge in [-0.05, 0) is 49.8 Å². The molecule has 0 bridgehead atoms. The second kappa shape index (κ2) is 4.46. The van der Waals surface area contributed by atoms with E-state index in [2.05, 4.69) is 23.3 Å². The van der Waals surface area contributed by atoms with Gasteiger partial charge in [0.15, 0.2) is 5.13 Å². The molecule has 0 atom stereocenters. The smallest absolute Gasteiger partial charge is 0.183 e. The first kappa shape index (κ1) is 11.3. The van der Waals surface area contributed by atoms with Crippen molar-refractivity contribution in [2.24, 2.45) is 0 Å². The predicted molar refractivity (Wildman–Crippen MR) is 75.4 cm³/mol. The Labute approximate surface area is 110 Å². The number of rotatable bonds is 2. The van der Waals surface area contributed by atoms with Gasteiger partial charge in [-0.25, -0.2) is 4.98 Å². The van der Waals surface area contributed by atoms with Crippen molar-refractivity contribution < 1.29 is 0 Å². The van der Waals surface area contributed by atoms with E-state index in [9.17, 15) is 0 Å². The van der Waals surface area contributed by atoms with E-state index in [0.29, 0.717) is 0 Å². The Hall–Kier alpha value is -0.800. The van der Waals surface area contributed by atoms with Crippen molar-refractivity contribution in [1.29, 1.82) is 0 Å². The number of thiazole rings is 1. The summed E-state index contributed by atoms with van der Waals surface area (Å²) in [5.74, 6) is 0. The molecule has 1 N–H and O–H groups in total. The molecule has 2 aromatic rings. The number of benzene rings is 1. The standard InChI is InChI=1S/C13H15ClN2S/c1-2-15-13-16-11-10(14)7-8-5-3-4-6-9(8)12(11)17-13/h7H,2-6H2,1H3,(H,15,16). The van der Waals surface area contributed by atoms with Crippen molar-refractivity contribution in [3.8, 4) is 0 Å². The van der Waals surface area contributed by atoms with Crippen molar-refractivity contribution in [3.63, 3.8) is 0 Å². The second-order valence-electron chi connectivity index (χ2n) is 4.43. The van der Waals surface area contributed by atoms with Crippen LogP contribution in [-0.4, -0.2) is 11.5 Å². The lowest BCUT2D eigenvalue weighted by Crippen LogP contribution is -2.02. The zero-order valence-corrected chi connectivity index (χ0v) is 11.4. The molecule has 0 saturated heterocycles. The fourth-order valence-corrected chi connectivity index (χ4v) is 3.96. The van der Waals surface area contributed by atoms with Gasteiger partial charge in [0.2, 0.25) is 0 Å². The summed E-state index contributed by atoms with van der Waals surface area (Å²) in [6.45, 7) is 2.99. The van der Waals surface area contributed by atoms with Crippen molar-refractivity contribution in [2.75, 3.05) is 11.9 Å². The maximum absolute atomic E-state index is 6.32. The highest BCUT2D eigenvalue weighted by atomic mass is 35.5. The van der Waals surface area contributed by atoms with Crippen LogP contribution in [0.2, 0.25) is 5.02 Å². The Bertz CT molecular complexity index is 562. The molecular weight excluding hydrogens is 252 g/mol. The van der Waals surface area contributed by atoms with Gasteiger partial charge in [-0.15, -0.1) is 0 Å². The highest BCUT2D eigenvalue weighted by molar-refractivity contribution is 7.22. The van der Waals surface area contributed by atoms with Crippen molar-refractivity contribution in [3.05, 3.63) is 22.2 Å². The molecule has 0 spiro atoms. The third kappa shape index (κ3) is 1.91. The Kier molecular flexibility index (Phi) is 2.97. The normalized spacial score (nSPS) is 14.9. The van der Waals surface area contributed by atoms with Gasteiger partial charge >= 0.3 is 0 Å². The predicted octanol–water partition coefficient (Wildman–Crippen LogP) is 4.26. The zero-order valence-electron chi connectivity index (χ0n) is 9.85. The van der Waals surface area contributed by atoms with E-state index >= 15 is 0 Å². The highest BCUT2D eigenvalue weighted by Gasteiger charge is 2.18. The third-order valence-electron chi connectivity index (χ3n) is 3.27. The largest absolute Gasteiger partial charge is 0.362 e. The molecule has 4 heteroatoms. The van der Waals surface area contributed by atoms with Crippen LogP contribution in [0.25, 0.3) is 10.2 Å². The number of hydrogen-bond donors (Lipinski definition) is 1. The molecule has 0 fully saturated rings. The fourth-order valence-electron chi connectivity index (χ4n) is 2.48. The molecule has 1 heterocycles.